The Morgan fingerprint density at radius 2 is 1.48 bits per heavy atom. The Labute approximate surface area is 172 Å². The topological polar surface area (TPSA) is 110 Å². The number of ether oxygens (including phenoxy) is 2. The quantitative estimate of drug-likeness (QED) is 0.461. The number of para-hydroxylation sites is 1. The summed E-state index contributed by atoms with van der Waals surface area (Å²) in [6.45, 7) is 0.590. The van der Waals surface area contributed by atoms with Crippen LogP contribution in [0.2, 0.25) is 0 Å². The van der Waals surface area contributed by atoms with Crippen molar-refractivity contribution in [1.82, 2.24) is 0 Å². The minimum Gasteiger partial charge on any atom is -0.496 e. The molecule has 1 rings (SSSR count). The number of likely N-dealkylation sites (N-methyl/N-ethyl adjacent to an activating group) is 2. The van der Waals surface area contributed by atoms with Crippen LogP contribution < -0.4 is 4.74 Å². The highest BCUT2D eigenvalue weighted by molar-refractivity contribution is 5.92. The Kier molecular flexibility index (Phi) is 10.3. The fraction of sp³-hybridized carbons (Fsp3) is 0.550. The average molecular weight is 414 g/mol. The van der Waals surface area contributed by atoms with Crippen LogP contribution in [-0.4, -0.2) is 106 Å². The minimum absolute atomic E-state index is 0.181. The zero-order valence-corrected chi connectivity index (χ0v) is 18.3. The van der Waals surface area contributed by atoms with Gasteiger partial charge in [0.25, 0.3) is 0 Å². The lowest BCUT2D eigenvalue weighted by molar-refractivity contribution is -0.873. The zero-order chi connectivity index (χ0) is 22.8. The van der Waals surface area contributed by atoms with Gasteiger partial charge in [0.05, 0.1) is 55.8 Å². The lowest BCUT2D eigenvalue weighted by Gasteiger charge is -2.28. The first kappa shape index (κ1) is 26.4. The number of aliphatic carboxylic acids is 2. The van der Waals surface area contributed by atoms with Gasteiger partial charge in [-0.25, -0.2) is 9.59 Å². The molecule has 9 heteroatoms. The summed E-state index contributed by atoms with van der Waals surface area (Å²) in [4.78, 5) is 33.1. The number of esters is 1. The second-order valence-electron chi connectivity index (χ2n) is 8.64. The molecule has 0 aliphatic heterocycles. The molecule has 1 unspecified atom stereocenters. The molecule has 0 aromatic heterocycles. The maximum absolute atomic E-state index is 12.2. The minimum atomic E-state index is -0.999. The number of benzene rings is 1. The molecule has 0 radical (unpaired) electrons. The van der Waals surface area contributed by atoms with Crippen LogP contribution in [0.25, 0.3) is 0 Å². The van der Waals surface area contributed by atoms with Gasteiger partial charge in [0.1, 0.15) is 17.9 Å². The van der Waals surface area contributed by atoms with Gasteiger partial charge in [0.2, 0.25) is 0 Å². The highest BCUT2D eigenvalue weighted by atomic mass is 16.5. The van der Waals surface area contributed by atoms with Gasteiger partial charge in [-0.2, -0.15) is 0 Å². The SMILES string of the molecule is COc1ccccc1C(=O)OC(CC(=O)O)C[N+](C)(C)C.C[N+](C)(C)CC(=O)O. The number of nitrogens with zero attached hydrogens (tertiary/aromatic N) is 2. The molecule has 0 amide bonds. The van der Waals surface area contributed by atoms with Crippen LogP contribution in [0.4, 0.5) is 0 Å². The van der Waals surface area contributed by atoms with Crippen LogP contribution in [-0.2, 0) is 14.3 Å². The molecule has 1 aromatic rings. The summed E-state index contributed by atoms with van der Waals surface area (Å²) < 4.78 is 11.4. The van der Waals surface area contributed by atoms with Crippen molar-refractivity contribution >= 4 is 17.9 Å². The summed E-state index contributed by atoms with van der Waals surface area (Å²) in [5.74, 6) is -1.92. The fourth-order valence-corrected chi connectivity index (χ4v) is 2.38. The third-order valence-electron chi connectivity index (χ3n) is 3.36. The molecule has 0 aliphatic rings. The first-order valence-electron chi connectivity index (χ1n) is 9.03. The van der Waals surface area contributed by atoms with Gasteiger partial charge in [0.15, 0.2) is 12.6 Å². The third kappa shape index (κ3) is 13.2. The first-order valence-corrected chi connectivity index (χ1v) is 9.03. The maximum Gasteiger partial charge on any atom is 0.359 e. The van der Waals surface area contributed by atoms with Gasteiger partial charge in [-0.15, -0.1) is 0 Å². The van der Waals surface area contributed by atoms with Gasteiger partial charge >= 0.3 is 17.9 Å². The Morgan fingerprint density at radius 3 is 1.86 bits per heavy atom. The lowest BCUT2D eigenvalue weighted by atomic mass is 10.2. The van der Waals surface area contributed by atoms with E-state index >= 15 is 0 Å². The standard InChI is InChI=1S/C15H21NO5.C5H11NO2/c1-16(2,3)10-11(9-14(17)18)21-15(19)12-7-5-6-8-13(12)20-4;1-6(2,3)4-5(7)8/h5-8,11H,9-10H2,1-4H3;4H2,1-3H3/p+2. The van der Waals surface area contributed by atoms with E-state index in [0.29, 0.717) is 21.3 Å². The van der Waals surface area contributed by atoms with Crippen LogP contribution in [0.3, 0.4) is 0 Å². The molecule has 29 heavy (non-hydrogen) atoms. The van der Waals surface area contributed by atoms with Crippen molar-refractivity contribution in [2.75, 3.05) is 62.5 Å². The van der Waals surface area contributed by atoms with E-state index < -0.39 is 24.0 Å². The second kappa shape index (κ2) is 11.4. The van der Waals surface area contributed by atoms with E-state index in [0.717, 1.165) is 0 Å². The fourth-order valence-electron chi connectivity index (χ4n) is 2.38. The van der Waals surface area contributed by atoms with Crippen LogP contribution >= 0.6 is 0 Å². The van der Waals surface area contributed by atoms with Crippen molar-refractivity contribution in [3.05, 3.63) is 29.8 Å². The van der Waals surface area contributed by atoms with Crippen LogP contribution in [0, 0.1) is 0 Å². The number of carbonyl (C=O) groups is 3. The number of hydrogen-bond donors (Lipinski definition) is 2. The van der Waals surface area contributed by atoms with Gasteiger partial charge in [0, 0.05) is 0 Å². The predicted octanol–water partition coefficient (Wildman–Crippen LogP) is 1.18. The molecule has 2 N–H and O–H groups in total. The molecule has 9 nitrogen and oxygen atoms in total. The Bertz CT molecular complexity index is 691. The number of hydrogen-bond acceptors (Lipinski definition) is 5. The van der Waals surface area contributed by atoms with E-state index in [2.05, 4.69) is 0 Å². The summed E-state index contributed by atoms with van der Waals surface area (Å²) in [7, 11) is 12.7. The van der Waals surface area contributed by atoms with Crippen molar-refractivity contribution in [3.63, 3.8) is 0 Å². The van der Waals surface area contributed by atoms with E-state index in [-0.39, 0.29) is 18.5 Å². The first-order chi connectivity index (χ1) is 13.1. The Hall–Kier alpha value is -2.65. The molecule has 1 aromatic carbocycles. The summed E-state index contributed by atoms with van der Waals surface area (Å²) in [5, 5.41) is 17.2. The molecule has 0 spiro atoms. The molecule has 0 saturated carbocycles. The van der Waals surface area contributed by atoms with Gasteiger partial charge in [-0.1, -0.05) is 12.1 Å². The Morgan fingerprint density at radius 1 is 0.931 bits per heavy atom. The number of rotatable bonds is 9. The van der Waals surface area contributed by atoms with Gasteiger partial charge in [-0.05, 0) is 12.1 Å². The summed E-state index contributed by atoms with van der Waals surface area (Å²) in [6.07, 6.45) is -0.920. The molecule has 0 aliphatic carbocycles. The van der Waals surface area contributed by atoms with Crippen molar-refractivity contribution in [1.29, 1.82) is 0 Å². The summed E-state index contributed by atoms with van der Waals surface area (Å²) >= 11 is 0. The molecular weight excluding hydrogens is 380 g/mol. The van der Waals surface area contributed by atoms with E-state index in [1.54, 1.807) is 24.3 Å². The average Bonchev–Trinajstić information content (AvgIpc) is 2.50. The van der Waals surface area contributed by atoms with E-state index in [9.17, 15) is 14.4 Å². The number of carboxylic acids is 2. The van der Waals surface area contributed by atoms with E-state index in [1.165, 1.54) is 7.11 Å². The highest BCUT2D eigenvalue weighted by Crippen LogP contribution is 2.19. The number of carboxylic acid groups (broad SMARTS) is 2. The molecule has 0 fully saturated rings. The number of quaternary nitrogens is 2. The molecule has 164 valence electrons. The largest absolute Gasteiger partial charge is 0.496 e. The normalized spacial score (nSPS) is 12.2. The number of carbonyl (C=O) groups excluding carboxylic acids is 1. The molecule has 0 bridgehead atoms. The number of methoxy groups -OCH3 is 1. The van der Waals surface area contributed by atoms with Crippen LogP contribution in [0.15, 0.2) is 24.3 Å². The van der Waals surface area contributed by atoms with Crippen molar-refractivity contribution in [2.45, 2.75) is 12.5 Å². The van der Waals surface area contributed by atoms with Gasteiger partial charge < -0.3 is 28.7 Å². The molecule has 1 atom stereocenters. The van der Waals surface area contributed by atoms with Crippen LogP contribution in [0.1, 0.15) is 16.8 Å². The second-order valence-corrected chi connectivity index (χ2v) is 8.64. The lowest BCUT2D eigenvalue weighted by Crippen LogP contribution is -2.43. The van der Waals surface area contributed by atoms with Crippen molar-refractivity contribution < 1.29 is 43.0 Å². The van der Waals surface area contributed by atoms with Gasteiger partial charge in [-0.3, -0.25) is 4.79 Å². The van der Waals surface area contributed by atoms with E-state index in [1.807, 2.05) is 42.3 Å². The predicted molar refractivity (Wildman–Crippen MR) is 108 cm³/mol. The zero-order valence-electron chi connectivity index (χ0n) is 18.3. The monoisotopic (exact) mass is 414 g/mol. The van der Waals surface area contributed by atoms with Crippen molar-refractivity contribution in [3.8, 4) is 5.75 Å². The third-order valence-corrected chi connectivity index (χ3v) is 3.36. The maximum atomic E-state index is 12.2. The van der Waals surface area contributed by atoms with Crippen LogP contribution in [0.5, 0.6) is 5.75 Å². The summed E-state index contributed by atoms with van der Waals surface area (Å²) in [6, 6.07) is 6.69. The summed E-state index contributed by atoms with van der Waals surface area (Å²) in [5.41, 5.74) is 0.289. The molecular formula is C20H34N2O7+2. The molecule has 0 saturated heterocycles. The van der Waals surface area contributed by atoms with Crippen molar-refractivity contribution in [2.24, 2.45) is 0 Å². The highest BCUT2D eigenvalue weighted by Gasteiger charge is 2.26. The molecule has 0 heterocycles. The smallest absolute Gasteiger partial charge is 0.359 e. The van der Waals surface area contributed by atoms with E-state index in [4.69, 9.17) is 19.7 Å². The Balaban J connectivity index is 0.000000828.